The van der Waals surface area contributed by atoms with E-state index in [2.05, 4.69) is 11.2 Å². The average Bonchev–Trinajstić information content (AvgIpc) is 2.57. The summed E-state index contributed by atoms with van der Waals surface area (Å²) in [5, 5.41) is 12.7. The molecule has 0 saturated carbocycles. The van der Waals surface area contributed by atoms with E-state index in [-0.39, 0.29) is 6.61 Å². The van der Waals surface area contributed by atoms with Gasteiger partial charge in [0.2, 0.25) is 0 Å². The zero-order chi connectivity index (χ0) is 16.8. The molecule has 0 aliphatic rings. The van der Waals surface area contributed by atoms with Gasteiger partial charge in [-0.05, 0) is 24.3 Å². The highest BCUT2D eigenvalue weighted by molar-refractivity contribution is 5.48. The molecule has 0 radical (unpaired) electrons. The van der Waals surface area contributed by atoms with E-state index in [1.807, 2.05) is 12.1 Å². The molecule has 0 fully saturated rings. The van der Waals surface area contributed by atoms with Crippen LogP contribution < -0.4 is 5.32 Å². The molecule has 1 atom stereocenters. The lowest BCUT2D eigenvalue weighted by Crippen LogP contribution is -2.25. The molecule has 1 aromatic carbocycles. The summed E-state index contributed by atoms with van der Waals surface area (Å²) in [5.74, 6) is 2.54. The van der Waals surface area contributed by atoms with Crippen LogP contribution in [0.3, 0.4) is 0 Å². The smallest absolute Gasteiger partial charge is 0.148 e. The Kier molecular flexibility index (Phi) is 10.9. The van der Waals surface area contributed by atoms with Gasteiger partial charge >= 0.3 is 0 Å². The third kappa shape index (κ3) is 9.89. The Morgan fingerprint density at radius 2 is 1.57 bits per heavy atom. The van der Waals surface area contributed by atoms with Gasteiger partial charge in [0, 0.05) is 18.4 Å². The topological polar surface area (TPSA) is 69.2 Å². The lowest BCUT2D eigenvalue weighted by Gasteiger charge is -2.14. The van der Waals surface area contributed by atoms with E-state index in [9.17, 15) is 5.11 Å². The predicted molar refractivity (Wildman–Crippen MR) is 88.3 cm³/mol. The van der Waals surface area contributed by atoms with Crippen LogP contribution in [0.15, 0.2) is 24.3 Å². The van der Waals surface area contributed by atoms with Gasteiger partial charge in [0.1, 0.15) is 6.23 Å². The van der Waals surface area contributed by atoms with Crippen LogP contribution in [-0.4, -0.2) is 64.7 Å². The van der Waals surface area contributed by atoms with Crippen LogP contribution in [0.4, 0.5) is 5.69 Å². The van der Waals surface area contributed by atoms with E-state index in [1.165, 1.54) is 0 Å². The molecule has 23 heavy (non-hydrogen) atoms. The highest BCUT2D eigenvalue weighted by Crippen LogP contribution is 2.09. The number of methoxy groups -OCH3 is 1. The van der Waals surface area contributed by atoms with Gasteiger partial charge in [-0.1, -0.05) is 5.92 Å². The zero-order valence-corrected chi connectivity index (χ0v) is 13.5. The molecule has 1 unspecified atom stereocenters. The molecule has 0 spiro atoms. The molecule has 1 aromatic rings. The highest BCUT2D eigenvalue weighted by atomic mass is 16.6. The summed E-state index contributed by atoms with van der Waals surface area (Å²) in [7, 11) is 1.63. The quantitative estimate of drug-likeness (QED) is 0.322. The van der Waals surface area contributed by atoms with E-state index < -0.39 is 6.23 Å². The van der Waals surface area contributed by atoms with Crippen LogP contribution >= 0.6 is 0 Å². The molecule has 0 amide bonds. The number of hydrogen-bond donors (Lipinski definition) is 2. The summed E-state index contributed by atoms with van der Waals surface area (Å²) in [4.78, 5) is 0. The second-order valence-electron chi connectivity index (χ2n) is 4.67. The number of hydrogen-bond acceptors (Lipinski definition) is 6. The Morgan fingerprint density at radius 3 is 2.13 bits per heavy atom. The van der Waals surface area contributed by atoms with Crippen LogP contribution in [0, 0.1) is 12.3 Å². The Balaban J connectivity index is 1.97. The van der Waals surface area contributed by atoms with Crippen LogP contribution in [0.1, 0.15) is 5.56 Å². The first-order valence-electron chi connectivity index (χ1n) is 7.49. The number of nitrogens with one attached hydrogen (secondary N) is 1. The predicted octanol–water partition coefficient (Wildman–Crippen LogP) is 1.09. The first-order valence-corrected chi connectivity index (χ1v) is 7.49. The Labute approximate surface area is 137 Å². The van der Waals surface area contributed by atoms with Gasteiger partial charge in [-0.3, -0.25) is 0 Å². The second-order valence-corrected chi connectivity index (χ2v) is 4.67. The van der Waals surface area contributed by atoms with Crippen molar-refractivity contribution < 1.29 is 24.1 Å². The fourth-order valence-electron chi connectivity index (χ4n) is 1.67. The number of aliphatic hydroxyl groups excluding tert-OH is 1. The van der Waals surface area contributed by atoms with Crippen LogP contribution in [0.2, 0.25) is 0 Å². The molecule has 2 N–H and O–H groups in total. The zero-order valence-electron chi connectivity index (χ0n) is 13.5. The molecule has 0 saturated heterocycles. The van der Waals surface area contributed by atoms with Crippen molar-refractivity contribution in [2.24, 2.45) is 0 Å². The van der Waals surface area contributed by atoms with Crippen LogP contribution in [0.5, 0.6) is 0 Å². The van der Waals surface area contributed by atoms with Crippen molar-refractivity contribution in [3.63, 3.8) is 0 Å². The Hall–Kier alpha value is -1.62. The van der Waals surface area contributed by atoms with E-state index in [1.54, 1.807) is 19.2 Å². The number of anilines is 1. The Bertz CT molecular complexity index is 443. The molecule has 0 aliphatic heterocycles. The fourth-order valence-corrected chi connectivity index (χ4v) is 1.67. The summed E-state index contributed by atoms with van der Waals surface area (Å²) in [6, 6.07) is 7.23. The standard InChI is InChI=1S/C17H25NO5/c1-3-15-4-6-16(7-5-15)18-17(19)14-23-13-12-22-11-10-21-9-8-20-2/h1,4-7,17-19H,8-14H2,2H3. The van der Waals surface area contributed by atoms with E-state index in [4.69, 9.17) is 25.4 Å². The first kappa shape index (κ1) is 19.4. The van der Waals surface area contributed by atoms with E-state index in [0.29, 0.717) is 39.6 Å². The lowest BCUT2D eigenvalue weighted by atomic mass is 10.2. The van der Waals surface area contributed by atoms with Gasteiger partial charge in [0.15, 0.2) is 0 Å². The minimum absolute atomic E-state index is 0.171. The summed E-state index contributed by atoms with van der Waals surface area (Å²) < 4.78 is 20.8. The van der Waals surface area contributed by atoms with Crippen molar-refractivity contribution >= 4 is 5.69 Å². The van der Waals surface area contributed by atoms with Gasteiger partial charge in [-0.2, -0.15) is 0 Å². The monoisotopic (exact) mass is 323 g/mol. The summed E-state index contributed by atoms with van der Waals surface area (Å²) in [5.41, 5.74) is 1.58. The van der Waals surface area contributed by atoms with Crippen molar-refractivity contribution in [3.05, 3.63) is 29.8 Å². The number of benzene rings is 1. The first-order chi connectivity index (χ1) is 11.3. The minimum Gasteiger partial charge on any atom is -0.382 e. The minimum atomic E-state index is -0.788. The summed E-state index contributed by atoms with van der Waals surface area (Å²) in [6.45, 7) is 3.22. The van der Waals surface area contributed by atoms with Crippen molar-refractivity contribution in [3.8, 4) is 12.3 Å². The van der Waals surface area contributed by atoms with Crippen LogP contribution in [-0.2, 0) is 18.9 Å². The molecule has 0 aromatic heterocycles. The van der Waals surface area contributed by atoms with Gasteiger partial charge in [-0.25, -0.2) is 0 Å². The van der Waals surface area contributed by atoms with Crippen molar-refractivity contribution in [1.82, 2.24) is 0 Å². The SMILES string of the molecule is C#Cc1ccc(NC(O)COCCOCCOCCOC)cc1. The third-order valence-corrected chi connectivity index (χ3v) is 2.84. The number of rotatable bonds is 13. The molecule has 1 rings (SSSR count). The van der Waals surface area contributed by atoms with E-state index >= 15 is 0 Å². The molecule has 6 nitrogen and oxygen atoms in total. The van der Waals surface area contributed by atoms with Gasteiger partial charge in [-0.15, -0.1) is 6.42 Å². The Morgan fingerprint density at radius 1 is 1.00 bits per heavy atom. The van der Waals surface area contributed by atoms with Crippen molar-refractivity contribution in [2.45, 2.75) is 6.23 Å². The average molecular weight is 323 g/mol. The van der Waals surface area contributed by atoms with Crippen molar-refractivity contribution in [1.29, 1.82) is 0 Å². The fraction of sp³-hybridized carbons (Fsp3) is 0.529. The molecule has 0 aliphatic carbocycles. The van der Waals surface area contributed by atoms with Crippen LogP contribution in [0.25, 0.3) is 0 Å². The maximum Gasteiger partial charge on any atom is 0.148 e. The van der Waals surface area contributed by atoms with Gasteiger partial charge in [0.05, 0.1) is 46.2 Å². The second kappa shape index (κ2) is 12.9. The lowest BCUT2D eigenvalue weighted by molar-refractivity contribution is -0.00995. The molecule has 6 heteroatoms. The summed E-state index contributed by atoms with van der Waals surface area (Å²) >= 11 is 0. The highest BCUT2D eigenvalue weighted by Gasteiger charge is 2.03. The molecular weight excluding hydrogens is 298 g/mol. The largest absolute Gasteiger partial charge is 0.382 e. The van der Waals surface area contributed by atoms with Crippen molar-refractivity contribution in [2.75, 3.05) is 58.7 Å². The number of ether oxygens (including phenoxy) is 4. The number of aliphatic hydroxyl groups is 1. The van der Waals surface area contributed by atoms with E-state index in [0.717, 1.165) is 11.3 Å². The molecule has 128 valence electrons. The molecule has 0 bridgehead atoms. The normalized spacial score (nSPS) is 11.9. The van der Waals surface area contributed by atoms with Gasteiger partial charge < -0.3 is 29.4 Å². The summed E-state index contributed by atoms with van der Waals surface area (Å²) in [6.07, 6.45) is 4.49. The molecular formula is C17H25NO5. The maximum atomic E-state index is 9.80. The van der Waals surface area contributed by atoms with Gasteiger partial charge in [0.25, 0.3) is 0 Å². The number of terminal acetylenes is 1. The maximum absolute atomic E-state index is 9.80. The molecule has 0 heterocycles. The third-order valence-electron chi connectivity index (χ3n) is 2.84.